The van der Waals surface area contributed by atoms with Crippen LogP contribution in [-0.4, -0.2) is 19.2 Å². The Labute approximate surface area is 71.6 Å². The molecule has 12 heavy (non-hydrogen) atoms. The highest BCUT2D eigenvalue weighted by molar-refractivity contribution is 5.62. The lowest BCUT2D eigenvalue weighted by Gasteiger charge is -2.06. The summed E-state index contributed by atoms with van der Waals surface area (Å²) in [7, 11) is 0. The van der Waals surface area contributed by atoms with Gasteiger partial charge >= 0.3 is 0 Å². The van der Waals surface area contributed by atoms with Crippen molar-refractivity contribution in [1.82, 2.24) is 5.32 Å². The summed E-state index contributed by atoms with van der Waals surface area (Å²) in [6, 6.07) is 0. The molecule has 0 aromatic heterocycles. The highest BCUT2D eigenvalue weighted by Crippen LogP contribution is 2.12. The Balaban J connectivity index is 2.79. The molecule has 0 radical (unpaired) electrons. The predicted molar refractivity (Wildman–Crippen MR) is 51.0 cm³/mol. The first kappa shape index (κ1) is 8.52. The molecule has 0 aliphatic carbocycles. The normalized spacial score (nSPS) is 17.8. The fourth-order valence-electron chi connectivity index (χ4n) is 0.916. The van der Waals surface area contributed by atoms with Gasteiger partial charge in [-0.2, -0.15) is 0 Å². The molecule has 1 aliphatic rings. The number of hydrogen-bond donors (Lipinski definition) is 2. The van der Waals surface area contributed by atoms with Crippen molar-refractivity contribution >= 4 is 12.7 Å². The van der Waals surface area contributed by atoms with Crippen molar-refractivity contribution in [3.8, 4) is 0 Å². The van der Waals surface area contributed by atoms with Gasteiger partial charge in [-0.3, -0.25) is 0 Å². The molecule has 0 aromatic carbocycles. The predicted octanol–water partition coefficient (Wildman–Crippen LogP) is 0.393. The first-order valence-corrected chi connectivity index (χ1v) is 3.75. The van der Waals surface area contributed by atoms with Gasteiger partial charge in [-0.15, -0.1) is 0 Å². The van der Waals surface area contributed by atoms with E-state index < -0.39 is 0 Å². The van der Waals surface area contributed by atoms with Crippen molar-refractivity contribution in [2.75, 3.05) is 6.54 Å². The first-order chi connectivity index (χ1) is 5.88. The quantitative estimate of drug-likeness (QED) is 0.458. The molecule has 0 atom stereocenters. The lowest BCUT2D eigenvalue weighted by molar-refractivity contribution is 1.01. The summed E-state index contributed by atoms with van der Waals surface area (Å²) in [6.45, 7) is 2.69. The Kier molecular flexibility index (Phi) is 3.07. The molecule has 0 bridgehead atoms. The summed E-state index contributed by atoms with van der Waals surface area (Å²) >= 11 is 0. The number of nitrogens with one attached hydrogen (secondary N) is 1. The van der Waals surface area contributed by atoms with Crippen LogP contribution < -0.4 is 11.1 Å². The smallest absolute Gasteiger partial charge is 0.0889 e. The van der Waals surface area contributed by atoms with Gasteiger partial charge in [0.2, 0.25) is 0 Å². The van der Waals surface area contributed by atoms with Crippen LogP contribution in [0.5, 0.6) is 0 Å². The van der Waals surface area contributed by atoms with E-state index in [1.165, 1.54) is 6.34 Å². The van der Waals surface area contributed by atoms with E-state index in [1.807, 2.05) is 19.1 Å². The molecule has 3 N–H and O–H groups in total. The maximum Gasteiger partial charge on any atom is 0.0889 e. The third-order valence-corrected chi connectivity index (χ3v) is 1.46. The maximum absolute atomic E-state index is 5.18. The molecule has 0 saturated carbocycles. The molecule has 1 rings (SSSR count). The molecule has 1 aliphatic heterocycles. The van der Waals surface area contributed by atoms with Gasteiger partial charge in [0.15, 0.2) is 0 Å². The summed E-state index contributed by atoms with van der Waals surface area (Å²) in [5.41, 5.74) is 6.84. The summed E-state index contributed by atoms with van der Waals surface area (Å²) in [6.07, 6.45) is 6.76. The van der Waals surface area contributed by atoms with Crippen LogP contribution in [0.3, 0.4) is 0 Å². The van der Waals surface area contributed by atoms with E-state index in [0.717, 1.165) is 17.9 Å². The minimum Gasteiger partial charge on any atom is -0.390 e. The van der Waals surface area contributed by atoms with E-state index in [0.29, 0.717) is 0 Å². The van der Waals surface area contributed by atoms with Crippen LogP contribution >= 0.6 is 0 Å². The van der Waals surface area contributed by atoms with Gasteiger partial charge in [-0.05, 0) is 13.0 Å². The van der Waals surface area contributed by atoms with E-state index in [9.17, 15) is 0 Å². The van der Waals surface area contributed by atoms with E-state index in [2.05, 4.69) is 15.3 Å². The van der Waals surface area contributed by atoms with Gasteiger partial charge in [0.25, 0.3) is 0 Å². The summed E-state index contributed by atoms with van der Waals surface area (Å²) < 4.78 is 0. The molecule has 0 unspecified atom stereocenters. The largest absolute Gasteiger partial charge is 0.390 e. The number of nitrogens with zero attached hydrogens (tertiary/aromatic N) is 2. The fourth-order valence-corrected chi connectivity index (χ4v) is 0.916. The zero-order valence-corrected chi connectivity index (χ0v) is 6.99. The molecule has 0 saturated heterocycles. The van der Waals surface area contributed by atoms with Crippen LogP contribution in [0.2, 0.25) is 0 Å². The average molecular weight is 164 g/mol. The van der Waals surface area contributed by atoms with Gasteiger partial charge in [0.05, 0.1) is 24.1 Å². The maximum atomic E-state index is 5.18. The number of aliphatic imine (C=N–C) groups is 2. The molecule has 4 nitrogen and oxygen atoms in total. The summed E-state index contributed by atoms with van der Waals surface area (Å²) in [5, 5.41) is 2.96. The highest BCUT2D eigenvalue weighted by Gasteiger charge is 2.01. The lowest BCUT2D eigenvalue weighted by Crippen LogP contribution is -2.15. The molecule has 4 heteroatoms. The second-order valence-corrected chi connectivity index (χ2v) is 2.21. The molecule has 0 aromatic rings. The molecule has 1 heterocycles. The van der Waals surface area contributed by atoms with Crippen molar-refractivity contribution in [3.63, 3.8) is 0 Å². The third-order valence-electron chi connectivity index (χ3n) is 1.46. The van der Waals surface area contributed by atoms with Crippen molar-refractivity contribution in [3.05, 3.63) is 23.5 Å². The minimum absolute atomic E-state index is 0.788. The van der Waals surface area contributed by atoms with Crippen LogP contribution in [0.1, 0.15) is 6.92 Å². The van der Waals surface area contributed by atoms with Gasteiger partial charge < -0.3 is 11.1 Å². The average Bonchev–Trinajstić information content (AvgIpc) is 2.15. The number of hydrogen-bond acceptors (Lipinski definition) is 3. The zero-order valence-electron chi connectivity index (χ0n) is 6.99. The Morgan fingerprint density at radius 3 is 3.17 bits per heavy atom. The van der Waals surface area contributed by atoms with Crippen molar-refractivity contribution in [2.24, 2.45) is 15.7 Å². The Hall–Kier alpha value is -1.58. The van der Waals surface area contributed by atoms with E-state index >= 15 is 0 Å². The Morgan fingerprint density at radius 2 is 2.67 bits per heavy atom. The molecule has 0 fully saturated rings. The van der Waals surface area contributed by atoms with Crippen LogP contribution in [0.25, 0.3) is 0 Å². The van der Waals surface area contributed by atoms with Gasteiger partial charge in [0, 0.05) is 6.54 Å². The summed E-state index contributed by atoms with van der Waals surface area (Å²) in [5.74, 6) is 0. The number of allylic oxidation sites excluding steroid dienone is 1. The molecular weight excluding hydrogens is 152 g/mol. The SMILES string of the molecule is C/C=C(\N=C/N)C1=CCNC=N1. The van der Waals surface area contributed by atoms with Crippen molar-refractivity contribution in [2.45, 2.75) is 6.92 Å². The third kappa shape index (κ3) is 1.95. The zero-order chi connectivity index (χ0) is 8.81. The first-order valence-electron chi connectivity index (χ1n) is 3.75. The molecule has 0 spiro atoms. The monoisotopic (exact) mass is 164 g/mol. The van der Waals surface area contributed by atoms with Crippen LogP contribution in [-0.2, 0) is 0 Å². The highest BCUT2D eigenvalue weighted by atomic mass is 15.0. The molecule has 0 amide bonds. The summed E-state index contributed by atoms with van der Waals surface area (Å²) in [4.78, 5) is 8.08. The molecule has 64 valence electrons. The number of nitrogens with two attached hydrogens (primary N) is 1. The standard InChI is InChI=1S/C8H12N4/c1-2-7(11-5-9)8-3-4-10-6-12-8/h2-3,5-6H,4H2,1H3,(H2,9,11)(H,10,12)/b7-2-. The number of rotatable bonds is 2. The van der Waals surface area contributed by atoms with Gasteiger partial charge in [-0.25, -0.2) is 9.98 Å². The second kappa shape index (κ2) is 4.33. The van der Waals surface area contributed by atoms with Crippen molar-refractivity contribution in [1.29, 1.82) is 0 Å². The molecular formula is C8H12N4. The van der Waals surface area contributed by atoms with Crippen LogP contribution in [0.4, 0.5) is 0 Å². The lowest BCUT2D eigenvalue weighted by atomic mass is 10.3. The van der Waals surface area contributed by atoms with Gasteiger partial charge in [-0.1, -0.05) is 6.08 Å². The van der Waals surface area contributed by atoms with Gasteiger partial charge in [0.1, 0.15) is 0 Å². The van der Waals surface area contributed by atoms with Crippen molar-refractivity contribution < 1.29 is 0 Å². The van der Waals surface area contributed by atoms with Crippen LogP contribution in [0.15, 0.2) is 33.5 Å². The minimum atomic E-state index is 0.788. The van der Waals surface area contributed by atoms with E-state index in [1.54, 1.807) is 6.34 Å². The fraction of sp³-hybridized carbons (Fsp3) is 0.250. The topological polar surface area (TPSA) is 62.8 Å². The second-order valence-electron chi connectivity index (χ2n) is 2.21. The Bertz CT molecular complexity index is 258. The van der Waals surface area contributed by atoms with Crippen LogP contribution in [0, 0.1) is 0 Å². The Morgan fingerprint density at radius 1 is 1.83 bits per heavy atom. The van der Waals surface area contributed by atoms with E-state index in [4.69, 9.17) is 5.73 Å². The van der Waals surface area contributed by atoms with E-state index in [-0.39, 0.29) is 0 Å².